The first-order valence-corrected chi connectivity index (χ1v) is 15.9. The van der Waals surface area contributed by atoms with E-state index in [4.69, 9.17) is 4.42 Å². The summed E-state index contributed by atoms with van der Waals surface area (Å²) in [4.78, 5) is 8.63. The van der Waals surface area contributed by atoms with E-state index in [1.165, 1.54) is 32.1 Å². The minimum atomic E-state index is -3.74. The van der Waals surface area contributed by atoms with Crippen LogP contribution < -0.4 is 10.0 Å². The average Bonchev–Trinajstić information content (AvgIpc) is 3.69. The van der Waals surface area contributed by atoms with E-state index in [1.807, 2.05) is 18.2 Å². The number of hydrogen-bond donors (Lipinski definition) is 3. The van der Waals surface area contributed by atoms with Crippen molar-refractivity contribution in [2.75, 3.05) is 17.8 Å². The predicted molar refractivity (Wildman–Crippen MR) is 160 cm³/mol. The summed E-state index contributed by atoms with van der Waals surface area (Å²) >= 11 is 0. The monoisotopic (exact) mass is 574 g/mol. The van der Waals surface area contributed by atoms with E-state index in [2.05, 4.69) is 20.0 Å². The van der Waals surface area contributed by atoms with E-state index in [0.717, 1.165) is 47.8 Å². The van der Waals surface area contributed by atoms with Crippen LogP contribution in [-0.4, -0.2) is 36.6 Å². The summed E-state index contributed by atoms with van der Waals surface area (Å²) in [7, 11) is -3.74. The fourth-order valence-electron chi connectivity index (χ4n) is 5.31. The number of sulfonamides is 1. The maximum absolute atomic E-state index is 13.0. The SMILES string of the molecule is O=S(=O)(Nc1ccc(CCNC[C@H](O)c2cccnc2)cc1)c1ccc(-c2cnc(CCCC3CCCC3)o2)cc1. The van der Waals surface area contributed by atoms with Crippen molar-refractivity contribution in [2.45, 2.75) is 62.4 Å². The summed E-state index contributed by atoms with van der Waals surface area (Å²) in [5.74, 6) is 2.24. The van der Waals surface area contributed by atoms with Gasteiger partial charge in [0.15, 0.2) is 11.7 Å². The van der Waals surface area contributed by atoms with Crippen molar-refractivity contribution >= 4 is 15.7 Å². The van der Waals surface area contributed by atoms with E-state index >= 15 is 0 Å². The average molecular weight is 575 g/mol. The van der Waals surface area contributed by atoms with Crippen molar-refractivity contribution in [3.05, 3.63) is 96.3 Å². The second-order valence-electron chi connectivity index (χ2n) is 10.7. The van der Waals surface area contributed by atoms with Gasteiger partial charge in [0.25, 0.3) is 10.0 Å². The van der Waals surface area contributed by atoms with Crippen molar-refractivity contribution in [3.8, 4) is 11.3 Å². The molecule has 9 heteroatoms. The number of nitrogens with one attached hydrogen (secondary N) is 2. The molecule has 5 rings (SSSR count). The van der Waals surface area contributed by atoms with Crippen LogP contribution >= 0.6 is 0 Å². The Kier molecular flexibility index (Phi) is 9.82. The van der Waals surface area contributed by atoms with Gasteiger partial charge in [-0.15, -0.1) is 0 Å². The molecule has 1 aliphatic carbocycles. The Bertz CT molecular complexity index is 1470. The normalized spacial score (nSPS) is 14.8. The van der Waals surface area contributed by atoms with E-state index < -0.39 is 16.1 Å². The number of pyridine rings is 1. The highest BCUT2D eigenvalue weighted by atomic mass is 32.2. The molecule has 1 saturated carbocycles. The summed E-state index contributed by atoms with van der Waals surface area (Å²) in [5, 5.41) is 13.5. The van der Waals surface area contributed by atoms with Gasteiger partial charge in [0, 0.05) is 42.2 Å². The highest BCUT2D eigenvalue weighted by molar-refractivity contribution is 7.92. The molecule has 0 radical (unpaired) electrons. The molecule has 0 saturated heterocycles. The summed E-state index contributed by atoms with van der Waals surface area (Å²) < 4.78 is 34.5. The first-order chi connectivity index (χ1) is 20.0. The third kappa shape index (κ3) is 8.25. The molecule has 8 nitrogen and oxygen atoms in total. The zero-order valence-corrected chi connectivity index (χ0v) is 24.0. The van der Waals surface area contributed by atoms with Crippen LogP contribution in [0.1, 0.15) is 61.6 Å². The van der Waals surface area contributed by atoms with Crippen molar-refractivity contribution in [2.24, 2.45) is 5.92 Å². The molecule has 0 bridgehead atoms. The number of benzene rings is 2. The molecular weight excluding hydrogens is 536 g/mol. The number of hydrogen-bond acceptors (Lipinski definition) is 7. The summed E-state index contributed by atoms with van der Waals surface area (Å²) in [6, 6.07) is 17.6. The highest BCUT2D eigenvalue weighted by Crippen LogP contribution is 2.29. The number of aromatic nitrogens is 2. The van der Waals surface area contributed by atoms with E-state index in [0.29, 0.717) is 24.5 Å². The molecule has 1 aliphatic rings. The number of nitrogens with zero attached hydrogens (tertiary/aromatic N) is 2. The van der Waals surface area contributed by atoms with Gasteiger partial charge in [-0.3, -0.25) is 9.71 Å². The topological polar surface area (TPSA) is 117 Å². The molecule has 41 heavy (non-hydrogen) atoms. The highest BCUT2D eigenvalue weighted by Gasteiger charge is 2.17. The van der Waals surface area contributed by atoms with Gasteiger partial charge < -0.3 is 14.8 Å². The van der Waals surface area contributed by atoms with Crippen LogP contribution in [0.25, 0.3) is 11.3 Å². The largest absolute Gasteiger partial charge is 0.441 e. The Morgan fingerprint density at radius 1 is 0.976 bits per heavy atom. The minimum absolute atomic E-state index is 0.179. The van der Waals surface area contributed by atoms with E-state index in [1.54, 1.807) is 61.1 Å². The van der Waals surface area contributed by atoms with Crippen LogP contribution in [0.2, 0.25) is 0 Å². The van der Waals surface area contributed by atoms with Gasteiger partial charge >= 0.3 is 0 Å². The molecule has 0 amide bonds. The number of aliphatic hydroxyl groups is 1. The molecule has 1 atom stereocenters. The van der Waals surface area contributed by atoms with Crippen LogP contribution in [0.3, 0.4) is 0 Å². The molecule has 2 aromatic carbocycles. The summed E-state index contributed by atoms with van der Waals surface area (Å²) in [6.45, 7) is 1.11. The Labute approximate surface area is 242 Å². The van der Waals surface area contributed by atoms with Gasteiger partial charge in [-0.2, -0.15) is 0 Å². The van der Waals surface area contributed by atoms with Crippen molar-refractivity contribution in [1.29, 1.82) is 0 Å². The van der Waals surface area contributed by atoms with Gasteiger partial charge in [0.05, 0.1) is 17.2 Å². The third-order valence-corrected chi connectivity index (χ3v) is 9.08. The molecule has 216 valence electrons. The summed E-state index contributed by atoms with van der Waals surface area (Å²) in [6.07, 6.45) is 13.8. The van der Waals surface area contributed by atoms with Gasteiger partial charge in [-0.1, -0.05) is 43.9 Å². The molecule has 2 heterocycles. The lowest BCUT2D eigenvalue weighted by atomic mass is 10.0. The Morgan fingerprint density at radius 3 is 2.49 bits per heavy atom. The lowest BCUT2D eigenvalue weighted by Gasteiger charge is -2.12. The van der Waals surface area contributed by atoms with E-state index in [9.17, 15) is 13.5 Å². The Morgan fingerprint density at radius 2 is 1.76 bits per heavy atom. The van der Waals surface area contributed by atoms with Gasteiger partial charge in [0.1, 0.15) is 0 Å². The zero-order chi connectivity index (χ0) is 28.5. The van der Waals surface area contributed by atoms with Crippen molar-refractivity contribution < 1.29 is 17.9 Å². The molecule has 3 N–H and O–H groups in total. The maximum atomic E-state index is 13.0. The van der Waals surface area contributed by atoms with Gasteiger partial charge in [0.2, 0.25) is 0 Å². The van der Waals surface area contributed by atoms with Gasteiger partial charge in [-0.25, -0.2) is 13.4 Å². The number of aryl methyl sites for hydroxylation is 1. The summed E-state index contributed by atoms with van der Waals surface area (Å²) in [5.41, 5.74) is 3.13. The minimum Gasteiger partial charge on any atom is -0.441 e. The molecule has 1 fully saturated rings. The first kappa shape index (κ1) is 29.0. The second kappa shape index (κ2) is 13.9. The van der Waals surface area contributed by atoms with Crippen LogP contribution in [-0.2, 0) is 22.9 Å². The predicted octanol–water partition coefficient (Wildman–Crippen LogP) is 5.92. The standard InChI is InChI=1S/C32H38N4O4S/c37-30(27-8-4-19-33-21-27)22-34-20-18-25-10-14-28(15-11-25)36-41(38,39)29-16-12-26(13-17-29)31-23-35-32(40-31)9-3-7-24-5-1-2-6-24/h4,8,10-17,19,21,23-24,30,34,36-37H,1-3,5-7,9,18,20,22H2/t30-/m0/s1. The molecule has 4 aromatic rings. The fourth-order valence-corrected chi connectivity index (χ4v) is 6.37. The zero-order valence-electron chi connectivity index (χ0n) is 23.2. The lowest BCUT2D eigenvalue weighted by Crippen LogP contribution is -2.23. The van der Waals surface area contributed by atoms with Gasteiger partial charge in [-0.05, 0) is 79.8 Å². The number of oxazole rings is 1. The molecule has 2 aromatic heterocycles. The van der Waals surface area contributed by atoms with Crippen molar-refractivity contribution in [1.82, 2.24) is 15.3 Å². The smallest absolute Gasteiger partial charge is 0.261 e. The quantitative estimate of drug-likeness (QED) is 0.160. The number of aliphatic hydroxyl groups excluding tert-OH is 1. The number of rotatable bonds is 14. The fraction of sp³-hybridized carbons (Fsp3) is 0.375. The first-order valence-electron chi connectivity index (χ1n) is 14.4. The second-order valence-corrected chi connectivity index (χ2v) is 12.4. The third-order valence-electron chi connectivity index (χ3n) is 7.68. The molecule has 0 spiro atoms. The lowest BCUT2D eigenvalue weighted by molar-refractivity contribution is 0.174. The Balaban J connectivity index is 1.08. The molecule has 0 aliphatic heterocycles. The van der Waals surface area contributed by atoms with Crippen LogP contribution in [0.15, 0.2) is 88.6 Å². The van der Waals surface area contributed by atoms with Crippen LogP contribution in [0.5, 0.6) is 0 Å². The van der Waals surface area contributed by atoms with Crippen LogP contribution in [0.4, 0.5) is 5.69 Å². The van der Waals surface area contributed by atoms with E-state index in [-0.39, 0.29) is 4.90 Å². The molecule has 0 unspecified atom stereocenters. The number of anilines is 1. The Hall–Kier alpha value is -3.53. The van der Waals surface area contributed by atoms with Crippen molar-refractivity contribution in [3.63, 3.8) is 0 Å². The van der Waals surface area contributed by atoms with Crippen LogP contribution in [0, 0.1) is 5.92 Å². The molecular formula is C32H38N4O4S. The maximum Gasteiger partial charge on any atom is 0.261 e.